The van der Waals surface area contributed by atoms with E-state index in [1.807, 2.05) is 13.8 Å². The van der Waals surface area contributed by atoms with E-state index in [-0.39, 0.29) is 5.78 Å². The summed E-state index contributed by atoms with van der Waals surface area (Å²) in [5.41, 5.74) is -2.35. The molecule has 7 nitrogen and oxygen atoms in total. The molecule has 0 aromatic carbocycles. The van der Waals surface area contributed by atoms with Gasteiger partial charge in [0.15, 0.2) is 6.10 Å². The number of carbonyl (C=O) groups excluding carboxylic acids is 3. The third-order valence-electron chi connectivity index (χ3n) is 8.11. The first-order chi connectivity index (χ1) is 14.4. The second-order valence-corrected chi connectivity index (χ2v) is 10.00. The number of Topliss-reactive ketones (excluding diaryl/α,β-unsaturated/α-hetero) is 1. The molecule has 4 rings (SSSR count). The number of ether oxygens (including phenoxy) is 2. The summed E-state index contributed by atoms with van der Waals surface area (Å²) in [7, 11) is 0. The summed E-state index contributed by atoms with van der Waals surface area (Å²) < 4.78 is 17.1. The van der Waals surface area contributed by atoms with Crippen molar-refractivity contribution in [2.75, 3.05) is 0 Å². The number of hydrogen-bond donors (Lipinski definition) is 1. The van der Waals surface area contributed by atoms with E-state index in [0.29, 0.717) is 30.6 Å². The van der Waals surface area contributed by atoms with Crippen LogP contribution in [0, 0.1) is 22.7 Å². The summed E-state index contributed by atoms with van der Waals surface area (Å²) in [6, 6.07) is 1.80. The van der Waals surface area contributed by atoms with Crippen LogP contribution in [-0.2, 0) is 30.3 Å². The monoisotopic (exact) mass is 430 g/mol. The zero-order valence-electron chi connectivity index (χ0n) is 18.7. The summed E-state index contributed by atoms with van der Waals surface area (Å²) in [6.07, 6.45) is 0.482. The average Bonchev–Trinajstić information content (AvgIpc) is 3.14. The topological polar surface area (TPSA) is 103 Å². The fraction of sp³-hybridized carbons (Fsp3) is 0.625. The third-order valence-corrected chi connectivity index (χ3v) is 8.11. The maximum Gasteiger partial charge on any atom is 0.303 e. The normalized spacial score (nSPS) is 38.5. The maximum atomic E-state index is 13.5. The molecule has 0 saturated heterocycles. The lowest BCUT2D eigenvalue weighted by atomic mass is 9.40. The van der Waals surface area contributed by atoms with Crippen molar-refractivity contribution in [3.63, 3.8) is 0 Å². The summed E-state index contributed by atoms with van der Waals surface area (Å²) in [5.74, 6) is -1.52. The number of aliphatic hydroxyl groups is 1. The molecule has 2 saturated carbocycles. The van der Waals surface area contributed by atoms with Crippen molar-refractivity contribution in [1.82, 2.24) is 0 Å². The maximum absolute atomic E-state index is 13.5. The molecule has 1 heterocycles. The predicted molar refractivity (Wildman–Crippen MR) is 111 cm³/mol. The minimum Gasteiger partial charge on any atom is -0.469 e. The van der Waals surface area contributed by atoms with Crippen LogP contribution in [-0.4, -0.2) is 40.6 Å². The lowest BCUT2D eigenvalue weighted by Crippen LogP contribution is -2.79. The molecular weight excluding hydrogens is 400 g/mol. The van der Waals surface area contributed by atoms with E-state index in [9.17, 15) is 19.5 Å². The minimum atomic E-state index is -1.76. The predicted octanol–water partition coefficient (Wildman–Crippen LogP) is 3.08. The van der Waals surface area contributed by atoms with Crippen LogP contribution in [0.15, 0.2) is 23.3 Å². The Morgan fingerprint density at radius 1 is 1.19 bits per heavy atom. The number of fused-ring (bicyclic) bond motifs is 4. The van der Waals surface area contributed by atoms with Gasteiger partial charge in [-0.25, -0.2) is 0 Å². The lowest BCUT2D eigenvalue weighted by Gasteiger charge is -2.67. The Labute approximate surface area is 181 Å². The van der Waals surface area contributed by atoms with E-state index in [0.717, 1.165) is 5.56 Å². The second kappa shape index (κ2) is 6.79. The van der Waals surface area contributed by atoms with Crippen molar-refractivity contribution in [3.05, 3.63) is 30.2 Å². The van der Waals surface area contributed by atoms with Gasteiger partial charge in [-0.3, -0.25) is 14.4 Å². The SMILES string of the molecule is C=C1c2ccoc2CC2C1C(OC(C)=O)C(OC(C)=O)C1(O)C(C)(C)CCC(=O)C21C. The Balaban J connectivity index is 2.01. The summed E-state index contributed by atoms with van der Waals surface area (Å²) in [6.45, 7) is 12.3. The number of hydrogen-bond acceptors (Lipinski definition) is 7. The van der Waals surface area contributed by atoms with Crippen LogP contribution in [0.3, 0.4) is 0 Å². The molecule has 1 aromatic rings. The Bertz CT molecular complexity index is 972. The van der Waals surface area contributed by atoms with Crippen molar-refractivity contribution in [1.29, 1.82) is 0 Å². The van der Waals surface area contributed by atoms with Gasteiger partial charge in [0, 0.05) is 38.2 Å². The molecule has 0 radical (unpaired) electrons. The highest BCUT2D eigenvalue weighted by atomic mass is 16.6. The summed E-state index contributed by atoms with van der Waals surface area (Å²) in [5, 5.41) is 12.4. The van der Waals surface area contributed by atoms with Gasteiger partial charge in [-0.2, -0.15) is 0 Å². The number of carbonyl (C=O) groups is 3. The molecule has 168 valence electrons. The van der Waals surface area contributed by atoms with Gasteiger partial charge >= 0.3 is 11.9 Å². The first kappa shape index (κ1) is 21.8. The van der Waals surface area contributed by atoms with E-state index in [4.69, 9.17) is 13.9 Å². The van der Waals surface area contributed by atoms with Gasteiger partial charge in [0.1, 0.15) is 23.2 Å². The van der Waals surface area contributed by atoms with Crippen molar-refractivity contribution >= 4 is 23.3 Å². The van der Waals surface area contributed by atoms with Crippen LogP contribution in [0.2, 0.25) is 0 Å². The molecule has 0 spiro atoms. The quantitative estimate of drug-likeness (QED) is 0.719. The minimum absolute atomic E-state index is 0.0921. The number of rotatable bonds is 2. The van der Waals surface area contributed by atoms with Crippen LogP contribution in [0.1, 0.15) is 58.8 Å². The highest BCUT2D eigenvalue weighted by Crippen LogP contribution is 2.66. The molecule has 0 amide bonds. The van der Waals surface area contributed by atoms with Crippen LogP contribution >= 0.6 is 0 Å². The van der Waals surface area contributed by atoms with Crippen LogP contribution < -0.4 is 0 Å². The van der Waals surface area contributed by atoms with Gasteiger partial charge < -0.3 is 19.0 Å². The lowest BCUT2D eigenvalue weighted by molar-refractivity contribution is -0.295. The molecule has 0 aliphatic heterocycles. The molecule has 0 bridgehead atoms. The molecule has 7 heteroatoms. The number of ketones is 1. The molecule has 6 unspecified atom stereocenters. The van der Waals surface area contributed by atoms with Crippen LogP contribution in [0.4, 0.5) is 0 Å². The van der Waals surface area contributed by atoms with Gasteiger partial charge in [-0.15, -0.1) is 0 Å². The van der Waals surface area contributed by atoms with Crippen molar-refractivity contribution in [2.45, 2.75) is 71.7 Å². The Morgan fingerprint density at radius 2 is 1.84 bits per heavy atom. The highest BCUT2D eigenvalue weighted by Gasteiger charge is 2.76. The van der Waals surface area contributed by atoms with Crippen LogP contribution in [0.5, 0.6) is 0 Å². The van der Waals surface area contributed by atoms with E-state index >= 15 is 0 Å². The molecule has 3 aliphatic rings. The van der Waals surface area contributed by atoms with Gasteiger partial charge in [0.05, 0.1) is 11.7 Å². The Hall–Kier alpha value is -2.41. The van der Waals surface area contributed by atoms with Gasteiger partial charge in [0.25, 0.3) is 0 Å². The molecule has 3 aliphatic carbocycles. The van der Waals surface area contributed by atoms with E-state index < -0.39 is 52.4 Å². The Morgan fingerprint density at radius 3 is 2.45 bits per heavy atom. The largest absolute Gasteiger partial charge is 0.469 e. The molecule has 6 atom stereocenters. The molecule has 1 N–H and O–H groups in total. The zero-order valence-corrected chi connectivity index (χ0v) is 18.7. The second-order valence-electron chi connectivity index (χ2n) is 10.00. The standard InChI is InChI=1S/C24H30O7/c1-12-15-8-10-29-17(15)11-16-19(12)20(30-13(2)25)21(31-14(3)26)24(28)22(4,5)9-7-18(27)23(16,24)6/h8,10,16,19-21,28H,1,7,9,11H2,2-6H3. The number of esters is 2. The van der Waals surface area contributed by atoms with Crippen molar-refractivity contribution in [3.8, 4) is 0 Å². The Kier molecular flexibility index (Phi) is 4.78. The molecular formula is C24H30O7. The smallest absolute Gasteiger partial charge is 0.303 e. The number of furan rings is 1. The fourth-order valence-corrected chi connectivity index (χ4v) is 6.57. The fourth-order valence-electron chi connectivity index (χ4n) is 6.57. The summed E-state index contributed by atoms with van der Waals surface area (Å²) >= 11 is 0. The van der Waals surface area contributed by atoms with Crippen LogP contribution in [0.25, 0.3) is 5.57 Å². The first-order valence-corrected chi connectivity index (χ1v) is 10.7. The van der Waals surface area contributed by atoms with Gasteiger partial charge in [0.2, 0.25) is 0 Å². The molecule has 31 heavy (non-hydrogen) atoms. The zero-order chi connectivity index (χ0) is 22.9. The molecule has 1 aromatic heterocycles. The van der Waals surface area contributed by atoms with Gasteiger partial charge in [-0.05, 0) is 36.3 Å². The van der Waals surface area contributed by atoms with Crippen molar-refractivity contribution < 1.29 is 33.4 Å². The van der Waals surface area contributed by atoms with Crippen molar-refractivity contribution in [2.24, 2.45) is 22.7 Å². The van der Waals surface area contributed by atoms with E-state index in [2.05, 4.69) is 6.58 Å². The van der Waals surface area contributed by atoms with Gasteiger partial charge in [-0.1, -0.05) is 20.4 Å². The first-order valence-electron chi connectivity index (χ1n) is 10.7. The van der Waals surface area contributed by atoms with E-state index in [1.165, 1.54) is 13.8 Å². The molecule has 2 fully saturated rings. The van der Waals surface area contributed by atoms with E-state index in [1.54, 1.807) is 19.3 Å². The average molecular weight is 430 g/mol. The highest BCUT2D eigenvalue weighted by molar-refractivity contribution is 5.89. The summed E-state index contributed by atoms with van der Waals surface area (Å²) in [4.78, 5) is 37.8. The third kappa shape index (κ3) is 2.71.